The highest BCUT2D eigenvalue weighted by Crippen LogP contribution is 2.22. The third-order valence-corrected chi connectivity index (χ3v) is 4.19. The van der Waals surface area contributed by atoms with Crippen molar-refractivity contribution in [1.29, 1.82) is 0 Å². The quantitative estimate of drug-likeness (QED) is 0.876. The molecule has 1 aliphatic rings. The summed E-state index contributed by atoms with van der Waals surface area (Å²) >= 11 is 0. The average molecular weight is 289 g/mol. The van der Waals surface area contributed by atoms with Crippen LogP contribution in [0.5, 0.6) is 0 Å². The fourth-order valence-electron chi connectivity index (χ4n) is 2.95. The minimum absolute atomic E-state index is 0.00652. The van der Waals surface area contributed by atoms with E-state index in [0.29, 0.717) is 13.0 Å². The van der Waals surface area contributed by atoms with Gasteiger partial charge in [-0.05, 0) is 37.7 Å². The van der Waals surface area contributed by atoms with Crippen LogP contribution in [0.4, 0.5) is 0 Å². The number of aryl methyl sites for hydroxylation is 1. The van der Waals surface area contributed by atoms with E-state index in [1.165, 1.54) is 5.56 Å². The van der Waals surface area contributed by atoms with Crippen LogP contribution in [0.1, 0.15) is 38.2 Å². The number of amides is 1. The van der Waals surface area contributed by atoms with Crippen LogP contribution < -0.4 is 0 Å². The second kappa shape index (κ2) is 7.25. The summed E-state index contributed by atoms with van der Waals surface area (Å²) < 4.78 is 0. The highest BCUT2D eigenvalue weighted by molar-refractivity contribution is 5.85. The molecule has 1 aliphatic heterocycles. The van der Waals surface area contributed by atoms with Crippen molar-refractivity contribution < 1.29 is 14.7 Å². The lowest BCUT2D eigenvalue weighted by atomic mass is 9.99. The zero-order valence-electron chi connectivity index (χ0n) is 12.5. The number of hydrogen-bond donors (Lipinski definition) is 1. The first-order valence-corrected chi connectivity index (χ1v) is 7.67. The van der Waals surface area contributed by atoms with Gasteiger partial charge in [-0.1, -0.05) is 37.3 Å². The summed E-state index contributed by atoms with van der Waals surface area (Å²) in [6, 6.07) is 9.60. The Balaban J connectivity index is 1.81. The van der Waals surface area contributed by atoms with Crippen molar-refractivity contribution in [3.63, 3.8) is 0 Å². The third-order valence-electron chi connectivity index (χ3n) is 4.19. The predicted molar refractivity (Wildman–Crippen MR) is 80.9 cm³/mol. The van der Waals surface area contributed by atoms with Crippen LogP contribution in [0.15, 0.2) is 30.3 Å². The summed E-state index contributed by atoms with van der Waals surface area (Å²) in [6.45, 7) is 2.49. The Kier molecular flexibility index (Phi) is 5.37. The second-order valence-corrected chi connectivity index (χ2v) is 5.81. The SMILES string of the molecule is CC(CCCc1ccccc1)C(=O)N1CCC[C@@H]1C(=O)O. The number of carboxylic acids is 1. The van der Waals surface area contributed by atoms with E-state index in [0.717, 1.165) is 25.7 Å². The molecule has 1 unspecified atom stereocenters. The molecule has 1 fully saturated rings. The maximum absolute atomic E-state index is 12.4. The van der Waals surface area contributed by atoms with Crippen molar-refractivity contribution in [1.82, 2.24) is 4.90 Å². The van der Waals surface area contributed by atoms with Gasteiger partial charge in [-0.2, -0.15) is 0 Å². The molecule has 4 nitrogen and oxygen atoms in total. The summed E-state index contributed by atoms with van der Waals surface area (Å²) in [5.41, 5.74) is 1.28. The summed E-state index contributed by atoms with van der Waals surface area (Å²) in [4.78, 5) is 25.1. The molecule has 2 rings (SSSR count). The Morgan fingerprint density at radius 3 is 2.71 bits per heavy atom. The van der Waals surface area contributed by atoms with Gasteiger partial charge in [0.05, 0.1) is 0 Å². The van der Waals surface area contributed by atoms with E-state index in [1.54, 1.807) is 4.90 Å². The summed E-state index contributed by atoms with van der Waals surface area (Å²) in [5.74, 6) is -0.987. The van der Waals surface area contributed by atoms with Crippen molar-refractivity contribution in [3.05, 3.63) is 35.9 Å². The van der Waals surface area contributed by atoms with Crippen molar-refractivity contribution in [2.24, 2.45) is 5.92 Å². The van der Waals surface area contributed by atoms with Gasteiger partial charge < -0.3 is 10.0 Å². The molecule has 0 aromatic heterocycles. The van der Waals surface area contributed by atoms with E-state index < -0.39 is 12.0 Å². The molecular weight excluding hydrogens is 266 g/mol. The Morgan fingerprint density at radius 1 is 1.33 bits per heavy atom. The lowest BCUT2D eigenvalue weighted by Gasteiger charge is -2.24. The Morgan fingerprint density at radius 2 is 2.05 bits per heavy atom. The molecule has 1 amide bonds. The number of rotatable bonds is 6. The van der Waals surface area contributed by atoms with Crippen molar-refractivity contribution >= 4 is 11.9 Å². The first kappa shape index (κ1) is 15.5. The number of aliphatic carboxylic acids is 1. The molecule has 1 N–H and O–H groups in total. The largest absolute Gasteiger partial charge is 0.480 e. The Labute approximate surface area is 125 Å². The summed E-state index contributed by atoms with van der Waals surface area (Å²) in [6.07, 6.45) is 4.08. The zero-order valence-corrected chi connectivity index (χ0v) is 12.5. The number of carboxylic acid groups (broad SMARTS) is 1. The number of carbonyl (C=O) groups is 2. The van der Waals surface area contributed by atoms with E-state index in [-0.39, 0.29) is 11.8 Å². The molecule has 1 heterocycles. The molecule has 21 heavy (non-hydrogen) atoms. The van der Waals surface area contributed by atoms with Gasteiger partial charge in [0.1, 0.15) is 6.04 Å². The van der Waals surface area contributed by atoms with Crippen LogP contribution in [0, 0.1) is 5.92 Å². The standard InChI is InChI=1S/C17H23NO3/c1-13(7-5-10-14-8-3-2-4-9-14)16(19)18-12-6-11-15(18)17(20)21/h2-4,8-9,13,15H,5-7,10-12H2,1H3,(H,20,21)/t13?,15-/m1/s1. The number of likely N-dealkylation sites (tertiary alicyclic amines) is 1. The molecule has 1 saturated heterocycles. The van der Waals surface area contributed by atoms with Crippen LogP contribution in [0.2, 0.25) is 0 Å². The van der Waals surface area contributed by atoms with Gasteiger partial charge in [0.2, 0.25) is 5.91 Å². The zero-order chi connectivity index (χ0) is 15.2. The van der Waals surface area contributed by atoms with Crippen LogP contribution in [0.3, 0.4) is 0 Å². The molecule has 0 radical (unpaired) electrons. The topological polar surface area (TPSA) is 57.6 Å². The van der Waals surface area contributed by atoms with Crippen LogP contribution in [-0.4, -0.2) is 34.5 Å². The fourth-order valence-corrected chi connectivity index (χ4v) is 2.95. The lowest BCUT2D eigenvalue weighted by molar-refractivity contribution is -0.149. The maximum Gasteiger partial charge on any atom is 0.326 e. The molecule has 4 heteroatoms. The van der Waals surface area contributed by atoms with Crippen LogP contribution >= 0.6 is 0 Å². The van der Waals surface area contributed by atoms with Crippen molar-refractivity contribution in [2.75, 3.05) is 6.54 Å². The lowest BCUT2D eigenvalue weighted by Crippen LogP contribution is -2.42. The maximum atomic E-state index is 12.4. The highest BCUT2D eigenvalue weighted by atomic mass is 16.4. The molecule has 2 atom stereocenters. The van der Waals surface area contributed by atoms with E-state index in [4.69, 9.17) is 5.11 Å². The smallest absolute Gasteiger partial charge is 0.326 e. The number of nitrogens with zero attached hydrogens (tertiary/aromatic N) is 1. The van der Waals surface area contributed by atoms with Crippen LogP contribution in [0.25, 0.3) is 0 Å². The van der Waals surface area contributed by atoms with Crippen LogP contribution in [-0.2, 0) is 16.0 Å². The monoisotopic (exact) mass is 289 g/mol. The molecule has 1 aromatic rings. The second-order valence-electron chi connectivity index (χ2n) is 5.81. The normalized spacial score (nSPS) is 19.5. The van der Waals surface area contributed by atoms with Crippen molar-refractivity contribution in [2.45, 2.75) is 45.1 Å². The molecule has 114 valence electrons. The average Bonchev–Trinajstić information content (AvgIpc) is 2.97. The number of hydrogen-bond acceptors (Lipinski definition) is 2. The number of carbonyl (C=O) groups excluding carboxylic acids is 1. The van der Waals surface area contributed by atoms with Gasteiger partial charge in [-0.25, -0.2) is 4.79 Å². The molecule has 1 aromatic carbocycles. The first-order valence-electron chi connectivity index (χ1n) is 7.67. The predicted octanol–water partition coefficient (Wildman–Crippen LogP) is 2.72. The minimum Gasteiger partial charge on any atom is -0.480 e. The van der Waals surface area contributed by atoms with Crippen molar-refractivity contribution in [3.8, 4) is 0 Å². The Hall–Kier alpha value is -1.84. The summed E-state index contributed by atoms with van der Waals surface area (Å²) in [7, 11) is 0. The molecule has 0 saturated carbocycles. The van der Waals surface area contributed by atoms with E-state index in [1.807, 2.05) is 25.1 Å². The van der Waals surface area contributed by atoms with E-state index in [9.17, 15) is 9.59 Å². The molecule has 0 spiro atoms. The fraction of sp³-hybridized carbons (Fsp3) is 0.529. The van der Waals surface area contributed by atoms with E-state index >= 15 is 0 Å². The highest BCUT2D eigenvalue weighted by Gasteiger charge is 2.35. The molecule has 0 aliphatic carbocycles. The van der Waals surface area contributed by atoms with Gasteiger partial charge in [-0.15, -0.1) is 0 Å². The molecule has 0 bridgehead atoms. The number of benzene rings is 1. The van der Waals surface area contributed by atoms with Gasteiger partial charge in [-0.3, -0.25) is 4.79 Å². The van der Waals surface area contributed by atoms with Gasteiger partial charge in [0.25, 0.3) is 0 Å². The van der Waals surface area contributed by atoms with Gasteiger partial charge >= 0.3 is 5.97 Å². The van der Waals surface area contributed by atoms with E-state index in [2.05, 4.69) is 12.1 Å². The Bertz CT molecular complexity index is 486. The van der Waals surface area contributed by atoms with Gasteiger partial charge in [0.15, 0.2) is 0 Å². The third kappa shape index (κ3) is 4.06. The van der Waals surface area contributed by atoms with Gasteiger partial charge in [0, 0.05) is 12.5 Å². The molecular formula is C17H23NO3. The minimum atomic E-state index is -0.877. The summed E-state index contributed by atoms with van der Waals surface area (Å²) in [5, 5.41) is 9.15. The first-order chi connectivity index (χ1) is 10.1.